The van der Waals surface area contributed by atoms with Crippen LogP contribution in [0.3, 0.4) is 0 Å². The molecule has 0 aliphatic heterocycles. The van der Waals surface area contributed by atoms with Crippen LogP contribution in [0.25, 0.3) is 0 Å². The first-order valence-electron chi connectivity index (χ1n) is 7.40. The highest BCUT2D eigenvalue weighted by Gasteiger charge is 2.27. The summed E-state index contributed by atoms with van der Waals surface area (Å²) in [6.45, 7) is 6.78. The van der Waals surface area contributed by atoms with Crippen LogP contribution in [-0.4, -0.2) is 6.04 Å². The van der Waals surface area contributed by atoms with Crippen molar-refractivity contribution in [3.8, 4) is 0 Å². The number of benzene rings is 1. The van der Waals surface area contributed by atoms with E-state index in [1.54, 1.807) is 0 Å². The Morgan fingerprint density at radius 1 is 1.00 bits per heavy atom. The van der Waals surface area contributed by atoms with E-state index in [0.717, 1.165) is 6.42 Å². The predicted octanol–water partition coefficient (Wildman–Crippen LogP) is 5.07. The van der Waals surface area contributed by atoms with Crippen LogP contribution >= 0.6 is 12.4 Å². The summed E-state index contributed by atoms with van der Waals surface area (Å²) in [5, 5.41) is 0. The zero-order chi connectivity index (χ0) is 13.4. The number of nitrogens with two attached hydrogens (primary N) is 1. The molecule has 1 atom stereocenters. The number of hydrogen-bond donors (Lipinski definition) is 1. The van der Waals surface area contributed by atoms with Crippen molar-refractivity contribution in [2.75, 3.05) is 0 Å². The maximum Gasteiger partial charge on any atom is 0.0131 e. The van der Waals surface area contributed by atoms with Gasteiger partial charge in [-0.3, -0.25) is 0 Å². The molecule has 1 nitrogen and oxygen atoms in total. The van der Waals surface area contributed by atoms with Gasteiger partial charge in [0.2, 0.25) is 0 Å². The highest BCUT2D eigenvalue weighted by Crippen LogP contribution is 2.28. The number of hydrogen-bond acceptors (Lipinski definition) is 1. The smallest absolute Gasteiger partial charge is 0.0131 e. The summed E-state index contributed by atoms with van der Waals surface area (Å²) < 4.78 is 0. The lowest BCUT2D eigenvalue weighted by Crippen LogP contribution is -2.40. The Bertz CT molecular complexity index is 321. The van der Waals surface area contributed by atoms with Gasteiger partial charge in [-0.15, -0.1) is 12.4 Å². The maximum absolute atomic E-state index is 6.40. The van der Waals surface area contributed by atoms with Gasteiger partial charge in [-0.1, -0.05) is 83.2 Å². The van der Waals surface area contributed by atoms with E-state index in [1.807, 2.05) is 0 Å². The minimum Gasteiger partial charge on any atom is -0.327 e. The molecule has 1 unspecified atom stereocenters. The largest absolute Gasteiger partial charge is 0.327 e. The second-order valence-corrected chi connectivity index (χ2v) is 5.90. The first-order valence-corrected chi connectivity index (χ1v) is 7.40. The molecule has 0 aliphatic carbocycles. The summed E-state index contributed by atoms with van der Waals surface area (Å²) in [5.74, 6) is 0. The van der Waals surface area contributed by atoms with Gasteiger partial charge < -0.3 is 5.73 Å². The summed E-state index contributed by atoms with van der Waals surface area (Å²) in [6, 6.07) is 10.9. The van der Waals surface area contributed by atoms with E-state index in [2.05, 4.69) is 51.1 Å². The highest BCUT2D eigenvalue weighted by atomic mass is 35.5. The van der Waals surface area contributed by atoms with Gasteiger partial charge in [-0.2, -0.15) is 0 Å². The standard InChI is InChI=1S/C17H29N.ClH/c1-4-5-6-7-11-14-16(18)17(2,3)15-12-9-8-10-13-15;/h8-10,12-13,16H,4-7,11,14,18H2,1-3H3;1H. The number of halogens is 1. The van der Waals surface area contributed by atoms with Crippen molar-refractivity contribution >= 4 is 12.4 Å². The first-order chi connectivity index (χ1) is 8.59. The fourth-order valence-corrected chi connectivity index (χ4v) is 2.41. The molecule has 0 radical (unpaired) electrons. The molecule has 1 aromatic rings. The van der Waals surface area contributed by atoms with Crippen LogP contribution in [0.4, 0.5) is 0 Å². The first kappa shape index (κ1) is 18.5. The lowest BCUT2D eigenvalue weighted by atomic mass is 9.76. The van der Waals surface area contributed by atoms with Gasteiger partial charge in [-0.05, 0) is 12.0 Å². The van der Waals surface area contributed by atoms with Gasteiger partial charge in [0, 0.05) is 11.5 Å². The summed E-state index contributed by atoms with van der Waals surface area (Å²) in [6.07, 6.45) is 7.74. The molecule has 0 amide bonds. The van der Waals surface area contributed by atoms with Crippen molar-refractivity contribution in [1.29, 1.82) is 0 Å². The van der Waals surface area contributed by atoms with Crippen LogP contribution in [-0.2, 0) is 5.41 Å². The molecule has 0 heterocycles. The molecule has 2 heteroatoms. The van der Waals surface area contributed by atoms with Gasteiger partial charge in [-0.25, -0.2) is 0 Å². The molecule has 1 aromatic carbocycles. The SMILES string of the molecule is CCCCCCCC(N)C(C)(C)c1ccccc1.Cl. The molecule has 0 saturated heterocycles. The fraction of sp³-hybridized carbons (Fsp3) is 0.647. The van der Waals surface area contributed by atoms with E-state index in [-0.39, 0.29) is 23.9 Å². The summed E-state index contributed by atoms with van der Waals surface area (Å²) in [4.78, 5) is 0. The van der Waals surface area contributed by atoms with E-state index >= 15 is 0 Å². The van der Waals surface area contributed by atoms with Crippen LogP contribution < -0.4 is 5.73 Å². The van der Waals surface area contributed by atoms with E-state index in [4.69, 9.17) is 5.73 Å². The third kappa shape index (κ3) is 5.97. The second kappa shape index (κ2) is 9.39. The Morgan fingerprint density at radius 2 is 1.58 bits per heavy atom. The van der Waals surface area contributed by atoms with Crippen molar-refractivity contribution in [2.24, 2.45) is 5.73 Å². The molecule has 110 valence electrons. The molecule has 19 heavy (non-hydrogen) atoms. The molecule has 0 aromatic heterocycles. The van der Waals surface area contributed by atoms with E-state index in [1.165, 1.54) is 37.7 Å². The quantitative estimate of drug-likeness (QED) is 0.662. The summed E-state index contributed by atoms with van der Waals surface area (Å²) in [7, 11) is 0. The number of rotatable bonds is 8. The van der Waals surface area contributed by atoms with Crippen LogP contribution in [0.2, 0.25) is 0 Å². The van der Waals surface area contributed by atoms with E-state index < -0.39 is 0 Å². The zero-order valence-electron chi connectivity index (χ0n) is 12.7. The molecule has 0 saturated carbocycles. The molecule has 0 bridgehead atoms. The molecular formula is C17H30ClN. The highest BCUT2D eigenvalue weighted by molar-refractivity contribution is 5.85. The molecular weight excluding hydrogens is 254 g/mol. The van der Waals surface area contributed by atoms with Crippen LogP contribution in [0.15, 0.2) is 30.3 Å². The predicted molar refractivity (Wildman–Crippen MR) is 88.1 cm³/mol. The molecule has 0 fully saturated rings. The monoisotopic (exact) mass is 283 g/mol. The normalized spacial score (nSPS) is 12.8. The molecule has 2 N–H and O–H groups in total. The second-order valence-electron chi connectivity index (χ2n) is 5.90. The number of unbranched alkanes of at least 4 members (excludes halogenated alkanes) is 4. The van der Waals surface area contributed by atoms with Gasteiger partial charge in [0.15, 0.2) is 0 Å². The Kier molecular flexibility index (Phi) is 9.12. The average molecular weight is 284 g/mol. The third-order valence-electron chi connectivity index (χ3n) is 4.06. The average Bonchev–Trinajstić information content (AvgIpc) is 2.39. The Balaban J connectivity index is 0.00000324. The Labute approximate surface area is 125 Å². The molecule has 0 spiro atoms. The maximum atomic E-state index is 6.40. The fourth-order valence-electron chi connectivity index (χ4n) is 2.41. The summed E-state index contributed by atoms with van der Waals surface area (Å²) in [5.41, 5.74) is 7.83. The Hall–Kier alpha value is -0.530. The minimum absolute atomic E-state index is 0. The Morgan fingerprint density at radius 3 is 2.16 bits per heavy atom. The summed E-state index contributed by atoms with van der Waals surface area (Å²) >= 11 is 0. The van der Waals surface area contributed by atoms with Crippen LogP contribution in [0.5, 0.6) is 0 Å². The minimum atomic E-state index is 0. The van der Waals surface area contributed by atoms with Gasteiger partial charge >= 0.3 is 0 Å². The van der Waals surface area contributed by atoms with Crippen LogP contribution in [0.1, 0.15) is 64.9 Å². The van der Waals surface area contributed by atoms with Crippen molar-refractivity contribution in [3.63, 3.8) is 0 Å². The van der Waals surface area contributed by atoms with Gasteiger partial charge in [0.25, 0.3) is 0 Å². The van der Waals surface area contributed by atoms with E-state index in [9.17, 15) is 0 Å². The van der Waals surface area contributed by atoms with Crippen molar-refractivity contribution < 1.29 is 0 Å². The molecule has 1 rings (SSSR count). The van der Waals surface area contributed by atoms with Crippen molar-refractivity contribution in [3.05, 3.63) is 35.9 Å². The topological polar surface area (TPSA) is 26.0 Å². The van der Waals surface area contributed by atoms with Crippen molar-refractivity contribution in [1.82, 2.24) is 0 Å². The van der Waals surface area contributed by atoms with E-state index in [0.29, 0.717) is 0 Å². The lowest BCUT2D eigenvalue weighted by molar-refractivity contribution is 0.375. The third-order valence-corrected chi connectivity index (χ3v) is 4.06. The zero-order valence-corrected chi connectivity index (χ0v) is 13.5. The molecule has 0 aliphatic rings. The van der Waals surface area contributed by atoms with Gasteiger partial charge in [0.1, 0.15) is 0 Å². The van der Waals surface area contributed by atoms with Crippen LogP contribution in [0, 0.1) is 0 Å². The lowest BCUT2D eigenvalue weighted by Gasteiger charge is -2.32. The van der Waals surface area contributed by atoms with Gasteiger partial charge in [0.05, 0.1) is 0 Å². The van der Waals surface area contributed by atoms with Crippen molar-refractivity contribution in [2.45, 2.75) is 70.8 Å².